The lowest BCUT2D eigenvalue weighted by Crippen LogP contribution is -2.10. The van der Waals surface area contributed by atoms with Crippen molar-refractivity contribution >= 4 is 11.6 Å². The minimum atomic E-state index is 0.0801. The van der Waals surface area contributed by atoms with Gasteiger partial charge < -0.3 is 10.1 Å². The third-order valence-corrected chi connectivity index (χ3v) is 2.66. The Balaban J connectivity index is 2.37. The summed E-state index contributed by atoms with van der Waals surface area (Å²) in [6.07, 6.45) is 4.76. The molecule has 1 rings (SSSR count). The average Bonchev–Trinajstić information content (AvgIpc) is 2.39. The molecule has 1 aromatic rings. The van der Waals surface area contributed by atoms with Crippen molar-refractivity contribution in [3.8, 4) is 5.75 Å². The first-order valence-electron chi connectivity index (χ1n) is 6.79. The summed E-state index contributed by atoms with van der Waals surface area (Å²) in [5, 5.41) is 2.88. The molecule has 0 aliphatic heterocycles. The Hall–Kier alpha value is -1.51. The lowest BCUT2D eigenvalue weighted by atomic mass is 10.2. The molecule has 0 aromatic heterocycles. The summed E-state index contributed by atoms with van der Waals surface area (Å²) in [7, 11) is 0. The first-order chi connectivity index (χ1) is 8.76. The molecule has 0 aliphatic carbocycles. The highest BCUT2D eigenvalue weighted by molar-refractivity contribution is 5.90. The summed E-state index contributed by atoms with van der Waals surface area (Å²) < 4.78 is 5.56. The molecular formula is C15H23NO2. The monoisotopic (exact) mass is 249 g/mol. The highest BCUT2D eigenvalue weighted by Crippen LogP contribution is 2.16. The van der Waals surface area contributed by atoms with Crippen LogP contribution in [0, 0.1) is 0 Å². The number of carbonyl (C=O) groups is 1. The van der Waals surface area contributed by atoms with Gasteiger partial charge in [-0.2, -0.15) is 0 Å². The number of hydrogen-bond acceptors (Lipinski definition) is 2. The second-order valence-electron chi connectivity index (χ2n) is 4.38. The highest BCUT2D eigenvalue weighted by Gasteiger charge is 2.01. The summed E-state index contributed by atoms with van der Waals surface area (Å²) in [5.41, 5.74) is 0.832. The molecule has 0 saturated carbocycles. The zero-order valence-electron chi connectivity index (χ0n) is 11.4. The fourth-order valence-electron chi connectivity index (χ4n) is 1.53. The van der Waals surface area contributed by atoms with Crippen LogP contribution in [0.1, 0.15) is 46.0 Å². The molecule has 0 radical (unpaired) electrons. The second-order valence-corrected chi connectivity index (χ2v) is 4.38. The van der Waals surface area contributed by atoms with Crippen molar-refractivity contribution in [3.63, 3.8) is 0 Å². The van der Waals surface area contributed by atoms with Crippen LogP contribution in [0.2, 0.25) is 0 Å². The summed E-state index contributed by atoms with van der Waals surface area (Å²) >= 11 is 0. The zero-order chi connectivity index (χ0) is 13.2. The van der Waals surface area contributed by atoms with Crippen LogP contribution >= 0.6 is 0 Å². The van der Waals surface area contributed by atoms with Gasteiger partial charge in [0, 0.05) is 12.1 Å². The summed E-state index contributed by atoms with van der Waals surface area (Å²) in [6, 6.07) is 7.55. The van der Waals surface area contributed by atoms with E-state index in [9.17, 15) is 4.79 Å². The van der Waals surface area contributed by atoms with Crippen LogP contribution in [-0.4, -0.2) is 12.5 Å². The fourth-order valence-corrected chi connectivity index (χ4v) is 1.53. The standard InChI is InChI=1S/C15H23NO2/c1-3-5-7-15(17)16-13-8-10-14(11-9-13)18-12-6-4-2/h8-11H,3-7,12H2,1-2H3,(H,16,17). The number of hydrogen-bond donors (Lipinski definition) is 1. The van der Waals surface area contributed by atoms with Gasteiger partial charge in [-0.3, -0.25) is 4.79 Å². The van der Waals surface area contributed by atoms with Crippen molar-refractivity contribution in [2.45, 2.75) is 46.0 Å². The fraction of sp³-hybridized carbons (Fsp3) is 0.533. The van der Waals surface area contributed by atoms with E-state index in [1.165, 1.54) is 0 Å². The largest absolute Gasteiger partial charge is 0.494 e. The maximum atomic E-state index is 11.5. The van der Waals surface area contributed by atoms with Gasteiger partial charge in [0.1, 0.15) is 5.75 Å². The van der Waals surface area contributed by atoms with Gasteiger partial charge in [-0.15, -0.1) is 0 Å². The van der Waals surface area contributed by atoms with Gasteiger partial charge in [-0.1, -0.05) is 26.7 Å². The number of rotatable bonds is 8. The number of unbranched alkanes of at least 4 members (excludes halogenated alkanes) is 2. The Bertz CT molecular complexity index is 346. The second kappa shape index (κ2) is 8.56. The Labute approximate surface area is 110 Å². The topological polar surface area (TPSA) is 38.3 Å². The predicted octanol–water partition coefficient (Wildman–Crippen LogP) is 3.99. The number of benzene rings is 1. The maximum Gasteiger partial charge on any atom is 0.224 e. The van der Waals surface area contributed by atoms with Crippen molar-refractivity contribution in [1.82, 2.24) is 0 Å². The molecule has 0 fully saturated rings. The molecule has 0 saturated heterocycles. The Morgan fingerprint density at radius 3 is 2.39 bits per heavy atom. The van der Waals surface area contributed by atoms with E-state index >= 15 is 0 Å². The zero-order valence-corrected chi connectivity index (χ0v) is 11.4. The van der Waals surface area contributed by atoms with Gasteiger partial charge >= 0.3 is 0 Å². The van der Waals surface area contributed by atoms with Gasteiger partial charge in [-0.25, -0.2) is 0 Å². The molecule has 0 atom stereocenters. The summed E-state index contributed by atoms with van der Waals surface area (Å²) in [6.45, 7) is 4.96. The van der Waals surface area contributed by atoms with Crippen LogP contribution in [0.25, 0.3) is 0 Å². The molecule has 0 heterocycles. The molecule has 3 nitrogen and oxygen atoms in total. The van der Waals surface area contributed by atoms with E-state index in [0.717, 1.165) is 43.7 Å². The molecule has 1 N–H and O–H groups in total. The quantitative estimate of drug-likeness (QED) is 0.707. The minimum absolute atomic E-state index is 0.0801. The lowest BCUT2D eigenvalue weighted by Gasteiger charge is -2.07. The molecule has 100 valence electrons. The third kappa shape index (κ3) is 5.71. The first-order valence-corrected chi connectivity index (χ1v) is 6.79. The van der Waals surface area contributed by atoms with Gasteiger partial charge in [-0.05, 0) is 37.1 Å². The summed E-state index contributed by atoms with van der Waals surface area (Å²) in [5.74, 6) is 0.937. The number of amides is 1. The van der Waals surface area contributed by atoms with E-state index in [-0.39, 0.29) is 5.91 Å². The van der Waals surface area contributed by atoms with Crippen molar-refractivity contribution in [2.75, 3.05) is 11.9 Å². The highest BCUT2D eigenvalue weighted by atomic mass is 16.5. The average molecular weight is 249 g/mol. The molecule has 1 amide bonds. The Morgan fingerprint density at radius 2 is 1.78 bits per heavy atom. The van der Waals surface area contributed by atoms with Gasteiger partial charge in [0.25, 0.3) is 0 Å². The van der Waals surface area contributed by atoms with Gasteiger partial charge in [0.2, 0.25) is 5.91 Å². The van der Waals surface area contributed by atoms with Gasteiger partial charge in [0.05, 0.1) is 6.61 Å². The molecular weight excluding hydrogens is 226 g/mol. The Morgan fingerprint density at radius 1 is 1.11 bits per heavy atom. The summed E-state index contributed by atoms with van der Waals surface area (Å²) in [4.78, 5) is 11.5. The van der Waals surface area contributed by atoms with Crippen molar-refractivity contribution < 1.29 is 9.53 Å². The number of nitrogens with one attached hydrogen (secondary N) is 1. The van der Waals surface area contributed by atoms with Crippen LogP contribution in [0.3, 0.4) is 0 Å². The van der Waals surface area contributed by atoms with Crippen LogP contribution in [-0.2, 0) is 4.79 Å². The smallest absolute Gasteiger partial charge is 0.224 e. The molecule has 3 heteroatoms. The van der Waals surface area contributed by atoms with Crippen LogP contribution in [0.5, 0.6) is 5.75 Å². The minimum Gasteiger partial charge on any atom is -0.494 e. The van der Waals surface area contributed by atoms with E-state index in [1.54, 1.807) is 0 Å². The Kier molecular flexibility index (Phi) is 6.92. The van der Waals surface area contributed by atoms with E-state index in [0.29, 0.717) is 6.42 Å². The van der Waals surface area contributed by atoms with Crippen LogP contribution < -0.4 is 10.1 Å². The van der Waals surface area contributed by atoms with E-state index in [1.807, 2.05) is 24.3 Å². The predicted molar refractivity (Wildman–Crippen MR) is 75.0 cm³/mol. The van der Waals surface area contributed by atoms with E-state index in [4.69, 9.17) is 4.74 Å². The van der Waals surface area contributed by atoms with Crippen molar-refractivity contribution in [1.29, 1.82) is 0 Å². The number of anilines is 1. The van der Waals surface area contributed by atoms with Crippen LogP contribution in [0.15, 0.2) is 24.3 Å². The molecule has 1 aromatic carbocycles. The maximum absolute atomic E-state index is 11.5. The van der Waals surface area contributed by atoms with E-state index < -0.39 is 0 Å². The lowest BCUT2D eigenvalue weighted by molar-refractivity contribution is -0.116. The molecule has 18 heavy (non-hydrogen) atoms. The molecule has 0 aliphatic rings. The number of ether oxygens (including phenoxy) is 1. The van der Waals surface area contributed by atoms with Crippen molar-refractivity contribution in [2.24, 2.45) is 0 Å². The molecule has 0 unspecified atom stereocenters. The molecule has 0 bridgehead atoms. The van der Waals surface area contributed by atoms with Gasteiger partial charge in [0.15, 0.2) is 0 Å². The first kappa shape index (κ1) is 14.6. The molecule has 0 spiro atoms. The van der Waals surface area contributed by atoms with Crippen LogP contribution in [0.4, 0.5) is 5.69 Å². The SMILES string of the molecule is CCCCOc1ccc(NC(=O)CCCC)cc1. The third-order valence-electron chi connectivity index (χ3n) is 2.66. The normalized spacial score (nSPS) is 10.1. The van der Waals surface area contributed by atoms with Crippen molar-refractivity contribution in [3.05, 3.63) is 24.3 Å². The van der Waals surface area contributed by atoms with E-state index in [2.05, 4.69) is 19.2 Å². The number of carbonyl (C=O) groups excluding carboxylic acids is 1.